The Kier molecular flexibility index (Phi) is 7.68. The average Bonchev–Trinajstić information content (AvgIpc) is 3.64. The van der Waals surface area contributed by atoms with E-state index in [1.165, 1.54) is 12.2 Å². The molecule has 10 nitrogen and oxygen atoms in total. The summed E-state index contributed by atoms with van der Waals surface area (Å²) in [7, 11) is 0. The number of pyridine rings is 2. The lowest BCUT2D eigenvalue weighted by Gasteiger charge is -2.04. The summed E-state index contributed by atoms with van der Waals surface area (Å²) in [6.45, 7) is 0.304. The Labute approximate surface area is 229 Å². The number of rotatable bonds is 6. The predicted molar refractivity (Wildman–Crippen MR) is 149 cm³/mol. The second kappa shape index (κ2) is 11.8. The fourth-order valence-corrected chi connectivity index (χ4v) is 3.81. The largest absolute Gasteiger partial charge is 0.454 e. The van der Waals surface area contributed by atoms with Gasteiger partial charge < -0.3 is 30.4 Å². The number of carbonyl (C=O) groups excluding carboxylic acids is 2. The summed E-state index contributed by atoms with van der Waals surface area (Å²) < 4.78 is 20.9. The molecule has 0 amide bonds. The van der Waals surface area contributed by atoms with Gasteiger partial charge in [0.15, 0.2) is 34.6 Å². The van der Waals surface area contributed by atoms with Crippen molar-refractivity contribution < 1.29 is 28.5 Å². The number of nitrogens with zero attached hydrogens (tertiary/aromatic N) is 2. The van der Waals surface area contributed by atoms with Gasteiger partial charge in [0.25, 0.3) is 0 Å². The second-order valence-electron chi connectivity index (χ2n) is 8.54. The fraction of sp³-hybridized carbons (Fsp3) is 0.0667. The summed E-state index contributed by atoms with van der Waals surface area (Å²) in [6.07, 6.45) is 13.0. The summed E-state index contributed by atoms with van der Waals surface area (Å²) in [6, 6.07) is 13.7. The van der Waals surface area contributed by atoms with Crippen LogP contribution in [-0.4, -0.2) is 35.1 Å². The molecule has 10 heteroatoms. The molecular formula is C30H24N4O6. The molecule has 0 spiro atoms. The third-order valence-electron chi connectivity index (χ3n) is 5.89. The molecule has 0 fully saturated rings. The highest BCUT2D eigenvalue weighted by Crippen LogP contribution is 2.37. The Morgan fingerprint density at radius 3 is 1.32 bits per heavy atom. The number of carbonyl (C=O) groups is 2. The number of hydrogen-bond acceptors (Lipinski definition) is 10. The minimum absolute atomic E-state index is 0.152. The summed E-state index contributed by atoms with van der Waals surface area (Å²) in [5.41, 5.74) is 15.1. The molecule has 6 rings (SSSR count). The van der Waals surface area contributed by atoms with Gasteiger partial charge in [0, 0.05) is 59.4 Å². The maximum absolute atomic E-state index is 12.2. The van der Waals surface area contributed by atoms with E-state index in [-0.39, 0.29) is 25.2 Å². The zero-order chi connectivity index (χ0) is 27.9. The van der Waals surface area contributed by atoms with Crippen LogP contribution in [0.4, 0.5) is 11.4 Å². The first-order valence-corrected chi connectivity index (χ1v) is 12.1. The van der Waals surface area contributed by atoms with Crippen molar-refractivity contribution in [1.29, 1.82) is 0 Å². The molecular weight excluding hydrogens is 512 g/mol. The zero-order valence-corrected chi connectivity index (χ0v) is 21.2. The van der Waals surface area contributed by atoms with Crippen molar-refractivity contribution in [2.24, 2.45) is 0 Å². The maximum Gasteiger partial charge on any atom is 0.231 e. The van der Waals surface area contributed by atoms with E-state index in [0.717, 1.165) is 11.1 Å². The lowest BCUT2D eigenvalue weighted by atomic mass is 10.1. The molecule has 0 aliphatic carbocycles. The zero-order valence-electron chi connectivity index (χ0n) is 21.2. The molecule has 2 aliphatic heterocycles. The van der Waals surface area contributed by atoms with Crippen molar-refractivity contribution in [2.75, 3.05) is 25.1 Å². The third kappa shape index (κ3) is 6.08. The van der Waals surface area contributed by atoms with Crippen LogP contribution in [0.15, 0.2) is 85.5 Å². The van der Waals surface area contributed by atoms with Crippen LogP contribution in [0.1, 0.15) is 31.8 Å². The minimum Gasteiger partial charge on any atom is -0.454 e. The van der Waals surface area contributed by atoms with Crippen LogP contribution in [0.2, 0.25) is 0 Å². The Morgan fingerprint density at radius 1 is 0.600 bits per heavy atom. The highest BCUT2D eigenvalue weighted by Gasteiger charge is 2.19. The van der Waals surface area contributed by atoms with E-state index in [0.29, 0.717) is 45.5 Å². The molecule has 4 N–H and O–H groups in total. The lowest BCUT2D eigenvalue weighted by Crippen LogP contribution is -2.00. The van der Waals surface area contributed by atoms with Gasteiger partial charge in [-0.1, -0.05) is 12.2 Å². The van der Waals surface area contributed by atoms with E-state index < -0.39 is 0 Å². The van der Waals surface area contributed by atoms with Crippen molar-refractivity contribution in [3.8, 4) is 23.0 Å². The number of fused-ring (bicyclic) bond motifs is 2. The Hall–Kier alpha value is -5.64. The molecule has 2 aliphatic rings. The van der Waals surface area contributed by atoms with Gasteiger partial charge in [-0.2, -0.15) is 0 Å². The van der Waals surface area contributed by atoms with E-state index >= 15 is 0 Å². The average molecular weight is 537 g/mol. The van der Waals surface area contributed by atoms with Crippen molar-refractivity contribution in [2.45, 2.75) is 0 Å². The molecule has 0 saturated carbocycles. The number of aromatic nitrogens is 2. The van der Waals surface area contributed by atoms with Crippen molar-refractivity contribution in [1.82, 2.24) is 9.97 Å². The molecule has 200 valence electrons. The van der Waals surface area contributed by atoms with E-state index in [2.05, 4.69) is 9.97 Å². The normalized spacial score (nSPS) is 12.8. The van der Waals surface area contributed by atoms with E-state index in [4.69, 9.17) is 30.4 Å². The summed E-state index contributed by atoms with van der Waals surface area (Å²) in [5.74, 6) is 1.85. The van der Waals surface area contributed by atoms with Crippen LogP contribution in [-0.2, 0) is 0 Å². The number of ketones is 2. The number of anilines is 2. The first-order chi connectivity index (χ1) is 19.5. The second-order valence-corrected chi connectivity index (χ2v) is 8.54. The molecule has 40 heavy (non-hydrogen) atoms. The quantitative estimate of drug-likeness (QED) is 0.204. The highest BCUT2D eigenvalue weighted by atomic mass is 16.7. The predicted octanol–water partition coefficient (Wildman–Crippen LogP) is 4.58. The molecule has 0 radical (unpaired) electrons. The first-order valence-electron chi connectivity index (χ1n) is 12.1. The Balaban J connectivity index is 0.000000161. The van der Waals surface area contributed by atoms with Gasteiger partial charge in [0.1, 0.15) is 0 Å². The van der Waals surface area contributed by atoms with Crippen LogP contribution in [0, 0.1) is 0 Å². The van der Waals surface area contributed by atoms with Gasteiger partial charge in [-0.15, -0.1) is 0 Å². The van der Waals surface area contributed by atoms with Gasteiger partial charge in [-0.3, -0.25) is 19.6 Å². The number of ether oxygens (including phenoxy) is 4. The molecule has 0 atom stereocenters. The van der Waals surface area contributed by atoms with Gasteiger partial charge in [-0.25, -0.2) is 0 Å². The Bertz CT molecular complexity index is 1480. The van der Waals surface area contributed by atoms with Crippen LogP contribution in [0.3, 0.4) is 0 Å². The summed E-state index contributed by atoms with van der Waals surface area (Å²) in [5, 5.41) is 0. The van der Waals surface area contributed by atoms with Crippen LogP contribution in [0.5, 0.6) is 23.0 Å². The number of benzene rings is 2. The van der Waals surface area contributed by atoms with Crippen LogP contribution in [0.25, 0.3) is 12.2 Å². The fourth-order valence-electron chi connectivity index (χ4n) is 3.81. The van der Waals surface area contributed by atoms with Gasteiger partial charge in [0.2, 0.25) is 13.6 Å². The number of hydrogen-bond donors (Lipinski definition) is 2. The number of nitrogen functional groups attached to an aromatic ring is 2. The number of nitrogens with two attached hydrogens (primary N) is 2. The summed E-state index contributed by atoms with van der Waals surface area (Å²) >= 11 is 0. The molecule has 0 unspecified atom stereocenters. The van der Waals surface area contributed by atoms with Crippen LogP contribution >= 0.6 is 0 Å². The molecule has 4 heterocycles. The topological polar surface area (TPSA) is 149 Å². The molecule has 4 aromatic rings. The standard InChI is InChI=1S/2C15H12N2O3/c2*16-12-8-15-14(19-9-20-15)7-11(12)13(18)2-1-10-3-5-17-6-4-10/h2*1-8H,9,16H2/b2*2-1+. The van der Waals surface area contributed by atoms with E-state index in [1.54, 1.807) is 61.2 Å². The lowest BCUT2D eigenvalue weighted by molar-refractivity contribution is 0.104. The Morgan fingerprint density at radius 2 is 0.950 bits per heavy atom. The van der Waals surface area contributed by atoms with Gasteiger partial charge in [0.05, 0.1) is 0 Å². The van der Waals surface area contributed by atoms with Gasteiger partial charge >= 0.3 is 0 Å². The third-order valence-corrected chi connectivity index (χ3v) is 5.89. The molecule has 0 saturated heterocycles. The SMILES string of the molecule is Nc1cc2c(cc1C(=O)/C=C/c1ccncc1)OCO2.Nc1cc2c(cc1C(=O)/C=C/c1ccncc1)OCO2. The van der Waals surface area contributed by atoms with Crippen LogP contribution < -0.4 is 30.4 Å². The first kappa shape index (κ1) is 26.0. The smallest absolute Gasteiger partial charge is 0.231 e. The highest BCUT2D eigenvalue weighted by molar-refractivity contribution is 6.11. The number of allylic oxidation sites excluding steroid dienone is 2. The maximum atomic E-state index is 12.2. The molecule has 0 bridgehead atoms. The summed E-state index contributed by atoms with van der Waals surface area (Å²) in [4.78, 5) is 32.1. The van der Waals surface area contributed by atoms with Gasteiger partial charge in [-0.05, 0) is 59.7 Å². The monoisotopic (exact) mass is 536 g/mol. The minimum atomic E-state index is -0.183. The van der Waals surface area contributed by atoms with Crippen molar-refractivity contribution in [3.63, 3.8) is 0 Å². The van der Waals surface area contributed by atoms with E-state index in [9.17, 15) is 9.59 Å². The molecule has 2 aromatic carbocycles. The molecule has 2 aromatic heterocycles. The van der Waals surface area contributed by atoms with Crippen molar-refractivity contribution in [3.05, 3.63) is 108 Å². The van der Waals surface area contributed by atoms with Crippen molar-refractivity contribution >= 4 is 35.1 Å². The van der Waals surface area contributed by atoms with E-state index in [1.807, 2.05) is 24.3 Å².